The third-order valence-corrected chi connectivity index (χ3v) is 7.31. The van der Waals surface area contributed by atoms with Crippen molar-refractivity contribution in [3.8, 4) is 5.75 Å². The molecule has 0 radical (unpaired) electrons. The number of benzene rings is 1. The van der Waals surface area contributed by atoms with E-state index in [-0.39, 0.29) is 21.8 Å². The number of ketones is 1. The molecule has 2 aromatic heterocycles. The third-order valence-electron chi connectivity index (χ3n) is 3.84. The summed E-state index contributed by atoms with van der Waals surface area (Å²) in [5, 5.41) is 4.42. The van der Waals surface area contributed by atoms with Crippen LogP contribution in [0.15, 0.2) is 44.8 Å². The van der Waals surface area contributed by atoms with Gasteiger partial charge in [-0.3, -0.25) is 14.3 Å². The predicted molar refractivity (Wildman–Crippen MR) is 109 cm³/mol. The molecule has 10 heteroatoms. The summed E-state index contributed by atoms with van der Waals surface area (Å²) in [5.74, 6) is 3.49. The normalized spacial score (nSPS) is 13.1. The van der Waals surface area contributed by atoms with Gasteiger partial charge in [0.2, 0.25) is 5.78 Å². The average molecular weight is 426 g/mol. The lowest BCUT2D eigenvalue weighted by molar-refractivity contribution is 0.103. The molecular weight excluding hydrogens is 410 g/mol. The van der Waals surface area contributed by atoms with E-state index < -0.39 is 21.1 Å². The van der Waals surface area contributed by atoms with Gasteiger partial charge in [0.1, 0.15) is 21.2 Å². The van der Waals surface area contributed by atoms with E-state index in [0.717, 1.165) is 0 Å². The van der Waals surface area contributed by atoms with Gasteiger partial charge in [-0.2, -0.15) is 0 Å². The van der Waals surface area contributed by atoms with E-state index in [9.17, 15) is 13.8 Å². The minimum absolute atomic E-state index is 0.00414. The molecule has 2 heterocycles. The molecule has 3 rings (SSSR count). The number of thiophene rings is 1. The van der Waals surface area contributed by atoms with E-state index >= 15 is 0 Å². The Morgan fingerprint density at radius 3 is 2.67 bits per heavy atom. The Labute approximate surface area is 164 Å². The number of H-pyrrole nitrogens is 1. The predicted octanol–water partition coefficient (Wildman–Crippen LogP) is 2.77. The molecule has 3 aromatic rings. The highest BCUT2D eigenvalue weighted by molar-refractivity contribution is 8.03. The number of nitrogens with zero attached hydrogens (tertiary/aromatic N) is 1. The zero-order valence-corrected chi connectivity index (χ0v) is 16.8. The number of nitrogens with one attached hydrogen (secondary N) is 2. The van der Waals surface area contributed by atoms with Crippen LogP contribution in [0.25, 0.3) is 0 Å². The van der Waals surface area contributed by atoms with E-state index in [2.05, 4.69) is 15.7 Å². The second-order valence-corrected chi connectivity index (χ2v) is 9.17. The van der Waals surface area contributed by atoms with Gasteiger partial charge in [-0.05, 0) is 29.4 Å². The largest absolute Gasteiger partial charge is 0.495 e. The molecule has 142 valence electrons. The molecule has 2 N–H and O–H groups in total. The number of ether oxygens (including phenoxy) is 1. The number of hydrogen-bond acceptors (Lipinski definition) is 5. The van der Waals surface area contributed by atoms with Crippen molar-refractivity contribution in [3.05, 3.63) is 62.3 Å². The lowest BCUT2D eigenvalue weighted by Crippen LogP contribution is -2.20. The second kappa shape index (κ2) is 7.26. The van der Waals surface area contributed by atoms with Crippen LogP contribution in [0.1, 0.15) is 15.9 Å². The first-order valence-electron chi connectivity index (χ1n) is 7.60. The second-order valence-electron chi connectivity index (χ2n) is 5.59. The summed E-state index contributed by atoms with van der Waals surface area (Å²) in [6, 6.07) is 6.42. The first-order chi connectivity index (χ1) is 12.8. The van der Waals surface area contributed by atoms with E-state index in [0.29, 0.717) is 9.96 Å². The highest BCUT2D eigenvalue weighted by Crippen LogP contribution is 2.37. The molecule has 0 spiro atoms. The molecule has 0 aliphatic rings. The van der Waals surface area contributed by atoms with Gasteiger partial charge in [-0.25, -0.2) is 4.21 Å². The van der Waals surface area contributed by atoms with Gasteiger partial charge in [-0.15, -0.1) is 11.3 Å². The number of methoxy groups -OCH3 is 1. The summed E-state index contributed by atoms with van der Waals surface area (Å²) in [6.45, 7) is 0. The molecule has 1 atom stereocenters. The maximum atomic E-state index is 13.0. The molecule has 1 aromatic carbocycles. The smallest absolute Gasteiger partial charge is 0.277 e. The van der Waals surface area contributed by atoms with Gasteiger partial charge in [-0.1, -0.05) is 17.7 Å². The van der Waals surface area contributed by atoms with Crippen molar-refractivity contribution in [2.24, 2.45) is 7.05 Å². The highest BCUT2D eigenvalue weighted by Gasteiger charge is 2.23. The molecule has 27 heavy (non-hydrogen) atoms. The van der Waals surface area contributed by atoms with Crippen molar-refractivity contribution in [1.82, 2.24) is 9.78 Å². The van der Waals surface area contributed by atoms with Crippen LogP contribution in [-0.4, -0.2) is 32.8 Å². The summed E-state index contributed by atoms with van der Waals surface area (Å²) in [6.07, 6.45) is 1.31. The van der Waals surface area contributed by atoms with Gasteiger partial charge in [0.05, 0.1) is 21.8 Å². The number of rotatable bonds is 6. The van der Waals surface area contributed by atoms with Crippen LogP contribution >= 0.6 is 22.9 Å². The Morgan fingerprint density at radius 2 is 2.11 bits per heavy atom. The summed E-state index contributed by atoms with van der Waals surface area (Å²) in [7, 11) is 0.0120. The molecule has 7 nitrogen and oxygen atoms in total. The van der Waals surface area contributed by atoms with Crippen LogP contribution in [0.4, 0.5) is 5.69 Å². The fourth-order valence-corrected chi connectivity index (χ4v) is 5.07. The van der Waals surface area contributed by atoms with Crippen LogP contribution in [0.3, 0.4) is 0 Å². The quantitative estimate of drug-likeness (QED) is 0.469. The molecule has 0 saturated heterocycles. The van der Waals surface area contributed by atoms with Crippen LogP contribution < -0.4 is 15.0 Å². The maximum absolute atomic E-state index is 13.0. The number of halogens is 1. The maximum Gasteiger partial charge on any atom is 0.277 e. The molecule has 0 saturated carbocycles. The fraction of sp³-hybridized carbons (Fsp3) is 0.118. The average Bonchev–Trinajstić information content (AvgIpc) is 3.28. The van der Waals surface area contributed by atoms with Gasteiger partial charge in [0.25, 0.3) is 5.56 Å². The molecule has 1 unspecified atom stereocenters. The highest BCUT2D eigenvalue weighted by atomic mass is 35.5. The van der Waals surface area contributed by atoms with E-state index in [4.69, 9.17) is 16.3 Å². The Kier molecular flexibility index (Phi) is 5.18. The molecule has 0 aliphatic heterocycles. The lowest BCUT2D eigenvalue weighted by Gasteiger charge is -2.17. The monoisotopic (exact) mass is 425 g/mol. The first kappa shape index (κ1) is 19.3. The first-order valence-corrected chi connectivity index (χ1v) is 10.6. The van der Waals surface area contributed by atoms with Crippen LogP contribution in [0, 0.1) is 0 Å². The minimum atomic E-state index is -2.92. The number of hydrogen-bond donors (Lipinski definition) is 2. The van der Waals surface area contributed by atoms with Gasteiger partial charge < -0.3 is 14.6 Å². The standard InChI is InChI=1S/C17H16ClN3O4S2/c1-21-17(23)11(9-19-21)16(22)10-6-7-12(25-2)15(14(10)18)20-27(3,24)13-5-4-8-26-13/h4-9,19H,3H2,1-2H3,(H,20,24). The van der Waals surface area contributed by atoms with E-state index in [1.807, 2.05) is 0 Å². The number of carbonyl (C=O) groups is 1. The molecule has 0 bridgehead atoms. The van der Waals surface area contributed by atoms with Crippen LogP contribution in [0.5, 0.6) is 5.75 Å². The SMILES string of the molecule is C=S(=O)(Nc1c(OC)ccc(C(=O)c2c[nH]n(C)c2=O)c1Cl)c1cccs1. The zero-order chi connectivity index (χ0) is 19.8. The Hall–Kier alpha value is -2.49. The van der Waals surface area contributed by atoms with Crippen molar-refractivity contribution >= 4 is 50.0 Å². The fourth-order valence-electron chi connectivity index (χ4n) is 2.44. The van der Waals surface area contributed by atoms with Crippen molar-refractivity contribution in [2.45, 2.75) is 4.21 Å². The number of aromatic amines is 1. The lowest BCUT2D eigenvalue weighted by atomic mass is 10.1. The van der Waals surface area contributed by atoms with E-state index in [1.54, 1.807) is 17.5 Å². The zero-order valence-electron chi connectivity index (χ0n) is 14.4. The third kappa shape index (κ3) is 3.53. The molecule has 0 amide bonds. The Morgan fingerprint density at radius 1 is 1.37 bits per heavy atom. The number of carbonyl (C=O) groups excluding carboxylic acids is 1. The number of aryl methyl sites for hydroxylation is 1. The molecular formula is C17H16ClN3O4S2. The molecule has 0 aliphatic carbocycles. The summed E-state index contributed by atoms with van der Waals surface area (Å²) >= 11 is 7.71. The van der Waals surface area contributed by atoms with Crippen molar-refractivity contribution < 1.29 is 13.7 Å². The van der Waals surface area contributed by atoms with Crippen LogP contribution in [-0.2, 0) is 16.8 Å². The minimum Gasteiger partial charge on any atom is -0.495 e. The molecule has 0 fully saturated rings. The van der Waals surface area contributed by atoms with Crippen molar-refractivity contribution in [1.29, 1.82) is 0 Å². The summed E-state index contributed by atoms with van der Waals surface area (Å²) in [5.41, 5.74) is -0.270. The summed E-state index contributed by atoms with van der Waals surface area (Å²) < 4.78 is 22.8. The summed E-state index contributed by atoms with van der Waals surface area (Å²) in [4.78, 5) is 24.8. The number of anilines is 1. The van der Waals surface area contributed by atoms with Crippen molar-refractivity contribution in [2.75, 3.05) is 11.8 Å². The number of aromatic nitrogens is 2. The van der Waals surface area contributed by atoms with Crippen LogP contribution in [0.2, 0.25) is 5.02 Å². The van der Waals surface area contributed by atoms with Gasteiger partial charge >= 0.3 is 0 Å². The Bertz CT molecular complexity index is 1160. The Balaban J connectivity index is 2.09. The van der Waals surface area contributed by atoms with Crippen molar-refractivity contribution in [3.63, 3.8) is 0 Å². The van der Waals surface area contributed by atoms with Gasteiger partial charge in [0.15, 0.2) is 0 Å². The van der Waals surface area contributed by atoms with E-state index in [1.165, 1.54) is 48.5 Å². The van der Waals surface area contributed by atoms with Gasteiger partial charge in [0, 0.05) is 18.8 Å². The topological polar surface area (TPSA) is 93.2 Å².